The van der Waals surface area contributed by atoms with E-state index in [-0.39, 0.29) is 12.1 Å². The second-order valence-electron chi connectivity index (χ2n) is 9.36. The number of ether oxygens (including phenoxy) is 1. The molecule has 1 saturated carbocycles. The van der Waals surface area contributed by atoms with Crippen LogP contribution in [0.2, 0.25) is 0 Å². The molecule has 1 amide bonds. The lowest BCUT2D eigenvalue weighted by molar-refractivity contribution is -0.148. The predicted molar refractivity (Wildman–Crippen MR) is 110 cm³/mol. The minimum Gasteiger partial charge on any atom is -0.493 e. The van der Waals surface area contributed by atoms with Crippen LogP contribution in [-0.4, -0.2) is 72.4 Å². The number of alkyl halides is 3. The summed E-state index contributed by atoms with van der Waals surface area (Å²) in [6.07, 6.45) is -0.641. The van der Waals surface area contributed by atoms with E-state index in [0.717, 1.165) is 25.7 Å². The number of amides is 1. The molecule has 2 heterocycles. The van der Waals surface area contributed by atoms with Crippen LogP contribution in [0.25, 0.3) is 0 Å². The minimum absolute atomic E-state index is 0.0226. The number of aliphatic hydroxyl groups is 1. The fourth-order valence-corrected chi connectivity index (χ4v) is 5.16. The van der Waals surface area contributed by atoms with Crippen LogP contribution in [-0.2, 0) is 0 Å². The quantitative estimate of drug-likeness (QED) is 0.633. The molecule has 0 radical (unpaired) electrons. The summed E-state index contributed by atoms with van der Waals surface area (Å²) in [4.78, 5) is 15.3. The van der Waals surface area contributed by atoms with Crippen LogP contribution < -0.4 is 4.74 Å². The molecule has 2 aliphatic heterocycles. The summed E-state index contributed by atoms with van der Waals surface area (Å²) in [6, 6.07) is 4.23. The van der Waals surface area contributed by atoms with Gasteiger partial charge in [-0.3, -0.25) is 9.69 Å². The van der Waals surface area contributed by atoms with Crippen molar-refractivity contribution in [1.29, 1.82) is 0 Å². The van der Waals surface area contributed by atoms with E-state index in [1.54, 1.807) is 6.07 Å². The van der Waals surface area contributed by atoms with E-state index in [0.29, 0.717) is 56.2 Å². The van der Waals surface area contributed by atoms with Gasteiger partial charge in [-0.2, -0.15) is 13.2 Å². The van der Waals surface area contributed by atoms with Gasteiger partial charge >= 0.3 is 6.18 Å². The van der Waals surface area contributed by atoms with Crippen molar-refractivity contribution in [3.63, 3.8) is 0 Å². The monoisotopic (exact) mass is 458 g/mol. The maximum atomic E-state index is 14.4. The number of carbonyl (C=O) groups is 1. The molecule has 32 heavy (non-hydrogen) atoms. The minimum atomic E-state index is -4.13. The number of halogens is 4. The number of hydrogen-bond donors (Lipinski definition) is 1. The largest absolute Gasteiger partial charge is 0.493 e. The van der Waals surface area contributed by atoms with Crippen molar-refractivity contribution in [2.75, 3.05) is 39.3 Å². The van der Waals surface area contributed by atoms with Crippen LogP contribution in [0.5, 0.6) is 5.75 Å². The summed E-state index contributed by atoms with van der Waals surface area (Å²) in [6.45, 7) is 1.28. The summed E-state index contributed by atoms with van der Waals surface area (Å²) in [5, 5.41) is 9.56. The summed E-state index contributed by atoms with van der Waals surface area (Å²) >= 11 is 0. The summed E-state index contributed by atoms with van der Waals surface area (Å²) in [7, 11) is 0. The molecule has 2 saturated heterocycles. The molecule has 1 unspecified atom stereocenters. The fourth-order valence-electron chi connectivity index (χ4n) is 5.16. The van der Waals surface area contributed by atoms with Gasteiger partial charge in [0.15, 0.2) is 0 Å². The van der Waals surface area contributed by atoms with Gasteiger partial charge in [-0.1, -0.05) is 0 Å². The molecule has 3 aliphatic rings. The third-order valence-corrected chi connectivity index (χ3v) is 7.00. The lowest BCUT2D eigenvalue weighted by Gasteiger charge is -2.32. The van der Waals surface area contributed by atoms with Crippen LogP contribution in [0.15, 0.2) is 18.2 Å². The summed E-state index contributed by atoms with van der Waals surface area (Å²) < 4.78 is 57.7. The van der Waals surface area contributed by atoms with Crippen molar-refractivity contribution < 1.29 is 32.2 Å². The topological polar surface area (TPSA) is 53.0 Å². The standard InChI is InChI=1S/C23H30F4N2O3/c24-21-12-18(1-2-19(21)22(31)29-9-5-17(30)13-29)32-10-6-16-11-20(16)15-3-7-28(8-4-15)14-23(25,26)27/h1-2,12,15-17,20,30H,3-11,13-14H2/t16-,17?,20-/m1/s1. The van der Waals surface area contributed by atoms with Gasteiger partial charge in [0, 0.05) is 19.2 Å². The molecule has 4 rings (SSSR count). The van der Waals surface area contributed by atoms with Crippen molar-refractivity contribution in [2.45, 2.75) is 44.4 Å². The van der Waals surface area contributed by atoms with Gasteiger partial charge in [-0.05, 0) is 75.1 Å². The van der Waals surface area contributed by atoms with Crippen LogP contribution in [0.4, 0.5) is 17.6 Å². The average Bonchev–Trinajstić information content (AvgIpc) is 3.36. The first-order valence-electron chi connectivity index (χ1n) is 11.4. The molecule has 178 valence electrons. The molecule has 3 fully saturated rings. The van der Waals surface area contributed by atoms with Gasteiger partial charge in [-0.15, -0.1) is 0 Å². The zero-order valence-corrected chi connectivity index (χ0v) is 18.0. The summed E-state index contributed by atoms with van der Waals surface area (Å²) in [5.74, 6) is 0.867. The first-order valence-corrected chi connectivity index (χ1v) is 11.4. The second-order valence-corrected chi connectivity index (χ2v) is 9.36. The molecule has 5 nitrogen and oxygen atoms in total. The van der Waals surface area contributed by atoms with E-state index in [9.17, 15) is 27.5 Å². The van der Waals surface area contributed by atoms with Crippen LogP contribution in [0.3, 0.4) is 0 Å². The second kappa shape index (κ2) is 9.55. The highest BCUT2D eigenvalue weighted by atomic mass is 19.4. The lowest BCUT2D eigenvalue weighted by atomic mass is 9.90. The smallest absolute Gasteiger partial charge is 0.401 e. The number of piperidine rings is 1. The Bertz CT molecular complexity index is 811. The van der Waals surface area contributed by atoms with Gasteiger partial charge in [0.05, 0.1) is 24.8 Å². The molecule has 1 aliphatic carbocycles. The molecular weight excluding hydrogens is 428 g/mol. The number of benzene rings is 1. The Morgan fingerprint density at radius 2 is 1.91 bits per heavy atom. The first-order chi connectivity index (χ1) is 15.2. The molecule has 1 aromatic rings. The maximum absolute atomic E-state index is 14.4. The Hall–Kier alpha value is -1.87. The lowest BCUT2D eigenvalue weighted by Crippen LogP contribution is -2.40. The Morgan fingerprint density at radius 3 is 2.53 bits per heavy atom. The molecule has 9 heteroatoms. The van der Waals surface area contributed by atoms with Gasteiger partial charge < -0.3 is 14.7 Å². The number of nitrogens with zero attached hydrogens (tertiary/aromatic N) is 2. The van der Waals surface area contributed by atoms with E-state index in [4.69, 9.17) is 4.74 Å². The summed E-state index contributed by atoms with van der Waals surface area (Å²) in [5.41, 5.74) is -0.0226. The number of rotatable bonds is 7. The van der Waals surface area contributed by atoms with Crippen LogP contribution in [0.1, 0.15) is 42.5 Å². The molecule has 3 atom stereocenters. The normalized spacial score (nSPS) is 27.0. The number of carbonyl (C=O) groups excluding carboxylic acids is 1. The predicted octanol–water partition coefficient (Wildman–Crippen LogP) is 3.71. The molecule has 1 aromatic carbocycles. The van der Waals surface area contributed by atoms with Crippen LogP contribution >= 0.6 is 0 Å². The van der Waals surface area contributed by atoms with E-state index < -0.39 is 30.5 Å². The van der Waals surface area contributed by atoms with E-state index >= 15 is 0 Å². The van der Waals surface area contributed by atoms with E-state index in [1.807, 2.05) is 0 Å². The third-order valence-electron chi connectivity index (χ3n) is 7.00. The van der Waals surface area contributed by atoms with Gasteiger partial charge in [0.25, 0.3) is 5.91 Å². The number of aliphatic hydroxyl groups excluding tert-OH is 1. The highest BCUT2D eigenvalue weighted by Gasteiger charge is 2.44. The van der Waals surface area contributed by atoms with Crippen molar-refractivity contribution in [3.8, 4) is 5.75 Å². The third kappa shape index (κ3) is 5.92. The zero-order valence-electron chi connectivity index (χ0n) is 18.0. The van der Waals surface area contributed by atoms with Crippen molar-refractivity contribution in [1.82, 2.24) is 9.80 Å². The molecule has 0 aromatic heterocycles. The molecular formula is C23H30F4N2O3. The SMILES string of the molecule is O=C(c1ccc(OCC[C@@H]2C[C@@H]2C2CCN(CC(F)(F)F)CC2)cc1F)N1CCC(O)C1. The fraction of sp³-hybridized carbons (Fsp3) is 0.696. The molecule has 0 bridgehead atoms. The zero-order chi connectivity index (χ0) is 22.9. The first kappa shape index (κ1) is 23.3. The number of hydrogen-bond acceptors (Lipinski definition) is 4. The van der Waals surface area contributed by atoms with E-state index in [2.05, 4.69) is 0 Å². The number of β-amino-alcohol motifs (C(OH)–C–C–N with tert-alkyl or cyclic N) is 1. The highest BCUT2D eigenvalue weighted by molar-refractivity contribution is 5.94. The number of likely N-dealkylation sites (tertiary alicyclic amines) is 2. The van der Waals surface area contributed by atoms with Crippen molar-refractivity contribution in [2.24, 2.45) is 17.8 Å². The molecule has 0 spiro atoms. The maximum Gasteiger partial charge on any atom is 0.401 e. The Balaban J connectivity index is 1.18. The highest BCUT2D eigenvalue weighted by Crippen LogP contribution is 2.49. The average molecular weight is 458 g/mol. The van der Waals surface area contributed by atoms with Gasteiger partial charge in [0.2, 0.25) is 0 Å². The Labute approximate surface area is 185 Å². The Kier molecular flexibility index (Phi) is 6.95. The van der Waals surface area contributed by atoms with Crippen molar-refractivity contribution in [3.05, 3.63) is 29.6 Å². The molecule has 1 N–H and O–H groups in total. The van der Waals surface area contributed by atoms with Gasteiger partial charge in [-0.25, -0.2) is 4.39 Å². The van der Waals surface area contributed by atoms with Crippen molar-refractivity contribution >= 4 is 5.91 Å². The van der Waals surface area contributed by atoms with Crippen LogP contribution in [0, 0.1) is 23.6 Å². The Morgan fingerprint density at radius 1 is 1.16 bits per heavy atom. The van der Waals surface area contributed by atoms with Gasteiger partial charge in [0.1, 0.15) is 11.6 Å². The van der Waals surface area contributed by atoms with E-state index in [1.165, 1.54) is 21.9 Å².